The number of para-hydroxylation sites is 1. The molecule has 1 aliphatic rings. The van der Waals surface area contributed by atoms with Crippen LogP contribution in [0.4, 0.5) is 5.82 Å². The van der Waals surface area contributed by atoms with Crippen molar-refractivity contribution < 1.29 is 33.0 Å². The Hall–Kier alpha value is -3.53. The largest absolute Gasteiger partial charge is 0.464 e. The number of aliphatic hydroxyl groups is 1. The number of nitrogens with zero attached hydrogens (tertiary/aromatic N) is 4. The number of nitrogen functional groups attached to an aromatic ring is 1. The first-order valence-corrected chi connectivity index (χ1v) is 15.4. The maximum absolute atomic E-state index is 14.0. The molecule has 4 rings (SSSR count). The number of anilines is 1. The molecule has 2 aromatic heterocycles. The smallest absolute Gasteiger partial charge is 0.459 e. The zero-order valence-electron chi connectivity index (χ0n) is 24.0. The van der Waals surface area contributed by atoms with Gasteiger partial charge in [-0.3, -0.25) is 9.32 Å². The van der Waals surface area contributed by atoms with Gasteiger partial charge in [0.2, 0.25) is 0 Å². The van der Waals surface area contributed by atoms with E-state index in [0.717, 1.165) is 12.8 Å². The van der Waals surface area contributed by atoms with Gasteiger partial charge in [0.05, 0.1) is 18.4 Å². The molecule has 0 unspecified atom stereocenters. The molecule has 13 nitrogen and oxygen atoms in total. The highest BCUT2D eigenvalue weighted by Gasteiger charge is 2.55. The normalized spacial score (nSPS) is 24.3. The van der Waals surface area contributed by atoms with Crippen molar-refractivity contribution in [2.24, 2.45) is 11.8 Å². The predicted octanol–water partition coefficient (Wildman–Crippen LogP) is 3.80. The lowest BCUT2D eigenvalue weighted by Gasteiger charge is -2.29. The van der Waals surface area contributed by atoms with Gasteiger partial charge in [-0.25, -0.2) is 14.1 Å². The van der Waals surface area contributed by atoms with E-state index in [1.54, 1.807) is 49.4 Å². The summed E-state index contributed by atoms with van der Waals surface area (Å²) < 4.78 is 38.6. The fourth-order valence-corrected chi connectivity index (χ4v) is 6.24. The van der Waals surface area contributed by atoms with Crippen LogP contribution in [0.25, 0.3) is 5.52 Å². The summed E-state index contributed by atoms with van der Waals surface area (Å²) in [5.41, 5.74) is 5.17. The monoisotopic (exact) mass is 600 g/mol. The molecule has 14 heteroatoms. The van der Waals surface area contributed by atoms with E-state index < -0.39 is 50.1 Å². The lowest BCUT2D eigenvalue weighted by Crippen LogP contribution is -2.41. The van der Waals surface area contributed by atoms with Crippen molar-refractivity contribution in [2.75, 3.05) is 18.9 Å². The Balaban J connectivity index is 1.55. The molecular formula is C28H37N6O7P. The molecule has 3 aromatic rings. The van der Waals surface area contributed by atoms with Crippen molar-refractivity contribution in [3.8, 4) is 11.8 Å². The van der Waals surface area contributed by atoms with Gasteiger partial charge < -0.3 is 24.8 Å². The van der Waals surface area contributed by atoms with E-state index in [1.165, 1.54) is 17.8 Å². The van der Waals surface area contributed by atoms with Crippen LogP contribution < -0.4 is 15.3 Å². The topological polar surface area (TPSA) is 183 Å². The molecule has 42 heavy (non-hydrogen) atoms. The first-order valence-electron chi connectivity index (χ1n) is 13.8. The number of hydrogen-bond donors (Lipinski definition) is 3. The van der Waals surface area contributed by atoms with Crippen molar-refractivity contribution in [2.45, 2.75) is 64.4 Å². The Kier molecular flexibility index (Phi) is 9.86. The second kappa shape index (κ2) is 13.2. The molecule has 1 aromatic carbocycles. The minimum absolute atomic E-state index is 0.209. The fourth-order valence-electron chi connectivity index (χ4n) is 4.72. The average molecular weight is 601 g/mol. The number of rotatable bonds is 13. The highest BCUT2D eigenvalue weighted by Crippen LogP contribution is 2.50. The van der Waals surface area contributed by atoms with Gasteiger partial charge in [-0.1, -0.05) is 51.8 Å². The van der Waals surface area contributed by atoms with Gasteiger partial charge in [0.25, 0.3) is 0 Å². The molecule has 0 amide bonds. The van der Waals surface area contributed by atoms with Crippen LogP contribution >= 0.6 is 7.75 Å². The van der Waals surface area contributed by atoms with Gasteiger partial charge in [-0.2, -0.15) is 15.4 Å². The third-order valence-corrected chi connectivity index (χ3v) is 9.25. The molecule has 3 heterocycles. The van der Waals surface area contributed by atoms with E-state index in [9.17, 15) is 19.7 Å². The van der Waals surface area contributed by atoms with Crippen molar-refractivity contribution in [3.63, 3.8) is 0 Å². The summed E-state index contributed by atoms with van der Waals surface area (Å²) in [5, 5.41) is 28.3. The maximum Gasteiger partial charge on any atom is 0.459 e. The van der Waals surface area contributed by atoms with Crippen LogP contribution in [-0.2, 0) is 23.4 Å². The minimum atomic E-state index is -4.30. The number of aromatic nitrogens is 3. The summed E-state index contributed by atoms with van der Waals surface area (Å²) >= 11 is 0. The fraction of sp³-hybridized carbons (Fsp3) is 0.500. The molecule has 0 aliphatic carbocycles. The zero-order chi connectivity index (χ0) is 30.5. The Labute approximate surface area is 244 Å². The standard InChI is InChI=1S/C28H37N6O7P/c1-5-20(6-2)14-38-27(36)19(4)33-42(37,41-21-10-8-7-9-11-21)39-16-28(15-29)18(3)24(35)25(40-28)22-12-13-23-26(30)31-17-32-34(22)23/h7-13,17-20,24-25,35H,5-6,14,16H2,1-4H3,(H,33,37)(H2,30,31,32)/t18-,19+,24+,25-,28+,42-/m0/s1. The number of ether oxygens (including phenoxy) is 2. The number of esters is 1. The number of nitrogens with one attached hydrogen (secondary N) is 1. The SMILES string of the molecule is CCC(CC)COC(=O)[C@@H](C)N[P@](=O)(OC[C@@]1(C#N)O[C@@H](c2ccc3c(N)ncnn23)[C@H](O)[C@@H]1C)Oc1ccccc1. The van der Waals surface area contributed by atoms with E-state index >= 15 is 0 Å². The molecule has 1 saturated heterocycles. The molecule has 1 fully saturated rings. The summed E-state index contributed by atoms with van der Waals surface area (Å²) in [6.07, 6.45) is 0.845. The van der Waals surface area contributed by atoms with Crippen LogP contribution in [0.1, 0.15) is 52.3 Å². The predicted molar refractivity (Wildman–Crippen MR) is 153 cm³/mol. The van der Waals surface area contributed by atoms with E-state index in [0.29, 0.717) is 11.2 Å². The Morgan fingerprint density at radius 1 is 1.29 bits per heavy atom. The van der Waals surface area contributed by atoms with Gasteiger partial charge >= 0.3 is 13.7 Å². The summed E-state index contributed by atoms with van der Waals surface area (Å²) in [6, 6.07) is 12.7. The molecule has 0 saturated carbocycles. The van der Waals surface area contributed by atoms with Crippen LogP contribution in [0.2, 0.25) is 0 Å². The molecule has 0 bridgehead atoms. The van der Waals surface area contributed by atoms with Crippen molar-refractivity contribution in [1.82, 2.24) is 19.7 Å². The average Bonchev–Trinajstić information content (AvgIpc) is 3.52. The summed E-state index contributed by atoms with van der Waals surface area (Å²) in [4.78, 5) is 16.7. The first-order chi connectivity index (χ1) is 20.1. The van der Waals surface area contributed by atoms with Crippen LogP contribution in [-0.4, -0.2) is 56.6 Å². The number of nitriles is 1. The number of carbonyl (C=O) groups excluding carboxylic acids is 1. The van der Waals surface area contributed by atoms with E-state index in [4.69, 9.17) is 24.3 Å². The lowest BCUT2D eigenvalue weighted by atomic mass is 9.88. The molecular weight excluding hydrogens is 563 g/mol. The van der Waals surface area contributed by atoms with Gasteiger partial charge in [0.15, 0.2) is 11.4 Å². The van der Waals surface area contributed by atoms with Gasteiger partial charge in [-0.05, 0) is 37.1 Å². The number of aliphatic hydroxyl groups excluding tert-OH is 1. The van der Waals surface area contributed by atoms with Crippen molar-refractivity contribution in [1.29, 1.82) is 5.26 Å². The molecule has 1 aliphatic heterocycles. The summed E-state index contributed by atoms with van der Waals surface area (Å²) in [7, 11) is -4.30. The quantitative estimate of drug-likeness (QED) is 0.191. The van der Waals surface area contributed by atoms with E-state index in [1.807, 2.05) is 13.8 Å². The van der Waals surface area contributed by atoms with E-state index in [-0.39, 0.29) is 24.1 Å². The van der Waals surface area contributed by atoms with E-state index in [2.05, 4.69) is 21.2 Å². The zero-order valence-corrected chi connectivity index (χ0v) is 24.9. The number of hydrogen-bond acceptors (Lipinski definition) is 11. The Morgan fingerprint density at radius 3 is 2.67 bits per heavy atom. The highest BCUT2D eigenvalue weighted by atomic mass is 31.2. The third kappa shape index (κ3) is 6.59. The first kappa shape index (κ1) is 31.4. The molecule has 6 atom stereocenters. The van der Waals surface area contributed by atoms with Crippen LogP contribution in [0.5, 0.6) is 5.75 Å². The number of nitrogens with two attached hydrogens (primary N) is 1. The second-order valence-electron chi connectivity index (χ2n) is 10.4. The molecule has 226 valence electrons. The molecule has 4 N–H and O–H groups in total. The number of carbonyl (C=O) groups is 1. The molecule has 0 spiro atoms. The van der Waals surface area contributed by atoms with Crippen LogP contribution in [0.3, 0.4) is 0 Å². The number of fused-ring (bicyclic) bond motifs is 1. The summed E-state index contributed by atoms with van der Waals surface area (Å²) in [5.74, 6) is -0.748. The third-order valence-electron chi connectivity index (χ3n) is 7.63. The lowest BCUT2D eigenvalue weighted by molar-refractivity contribution is -0.146. The van der Waals surface area contributed by atoms with Gasteiger partial charge in [-0.15, -0.1) is 0 Å². The van der Waals surface area contributed by atoms with Gasteiger partial charge in [0.1, 0.15) is 42.4 Å². The highest BCUT2D eigenvalue weighted by molar-refractivity contribution is 7.52. The second-order valence-corrected chi connectivity index (χ2v) is 12.1. The van der Waals surface area contributed by atoms with Crippen LogP contribution in [0.15, 0.2) is 48.8 Å². The molecule has 0 radical (unpaired) electrons. The summed E-state index contributed by atoms with van der Waals surface area (Å²) in [6.45, 7) is 6.82. The maximum atomic E-state index is 14.0. The van der Waals surface area contributed by atoms with Crippen LogP contribution in [0, 0.1) is 23.2 Å². The van der Waals surface area contributed by atoms with Crippen molar-refractivity contribution in [3.05, 3.63) is 54.5 Å². The van der Waals surface area contributed by atoms with Gasteiger partial charge in [0, 0.05) is 5.92 Å². The Morgan fingerprint density at radius 2 is 2.00 bits per heavy atom. The number of benzene rings is 1. The minimum Gasteiger partial charge on any atom is -0.464 e. The van der Waals surface area contributed by atoms with Crippen molar-refractivity contribution >= 4 is 25.1 Å². The Bertz CT molecular complexity index is 1460.